The maximum absolute atomic E-state index is 11.6. The summed E-state index contributed by atoms with van der Waals surface area (Å²) in [5.74, 6) is 0.00485. The van der Waals surface area contributed by atoms with Crippen molar-refractivity contribution in [1.29, 1.82) is 0 Å². The van der Waals surface area contributed by atoms with Crippen molar-refractivity contribution in [3.63, 3.8) is 0 Å². The highest BCUT2D eigenvalue weighted by Gasteiger charge is 2.14. The summed E-state index contributed by atoms with van der Waals surface area (Å²) in [4.78, 5) is 15.4. The van der Waals surface area contributed by atoms with Crippen LogP contribution in [-0.2, 0) is 0 Å². The standard InChI is InChI=1S/C9H17N5O/c1-3-5-6(4-2)11-8(15)7-12-9(10)14-13-7/h6H,3-5H2,1-2H3,(H,11,15)(H3,10,12,13,14). The molecule has 1 aromatic heterocycles. The van der Waals surface area contributed by atoms with Gasteiger partial charge in [0.1, 0.15) is 0 Å². The first kappa shape index (κ1) is 11.5. The minimum atomic E-state index is -0.250. The maximum Gasteiger partial charge on any atom is 0.288 e. The lowest BCUT2D eigenvalue weighted by Gasteiger charge is -2.14. The van der Waals surface area contributed by atoms with E-state index in [0.717, 1.165) is 19.3 Å². The Morgan fingerprint density at radius 2 is 2.33 bits per heavy atom. The molecule has 0 bridgehead atoms. The van der Waals surface area contributed by atoms with Gasteiger partial charge in [0.15, 0.2) is 0 Å². The van der Waals surface area contributed by atoms with Crippen LogP contribution in [0.25, 0.3) is 0 Å². The number of nitrogen functional groups attached to an aromatic ring is 1. The fraction of sp³-hybridized carbons (Fsp3) is 0.667. The molecule has 6 nitrogen and oxygen atoms in total. The minimum Gasteiger partial charge on any atom is -0.366 e. The molecule has 0 aliphatic carbocycles. The van der Waals surface area contributed by atoms with Crippen molar-refractivity contribution in [3.8, 4) is 0 Å². The molecule has 0 aromatic carbocycles. The molecule has 1 unspecified atom stereocenters. The van der Waals surface area contributed by atoms with Gasteiger partial charge in [-0.2, -0.15) is 4.98 Å². The molecule has 6 heteroatoms. The van der Waals surface area contributed by atoms with Gasteiger partial charge in [0.2, 0.25) is 11.8 Å². The molecular weight excluding hydrogens is 194 g/mol. The van der Waals surface area contributed by atoms with Crippen LogP contribution in [0.5, 0.6) is 0 Å². The van der Waals surface area contributed by atoms with E-state index in [9.17, 15) is 4.79 Å². The molecule has 0 aliphatic heterocycles. The Balaban J connectivity index is 2.54. The summed E-state index contributed by atoms with van der Waals surface area (Å²) >= 11 is 0. The van der Waals surface area contributed by atoms with E-state index in [1.54, 1.807) is 0 Å². The molecule has 4 N–H and O–H groups in total. The predicted octanol–water partition coefficient (Wildman–Crippen LogP) is 0.695. The van der Waals surface area contributed by atoms with Gasteiger partial charge < -0.3 is 11.1 Å². The van der Waals surface area contributed by atoms with Gasteiger partial charge in [-0.25, -0.2) is 0 Å². The molecule has 0 saturated heterocycles. The van der Waals surface area contributed by atoms with E-state index in [-0.39, 0.29) is 23.7 Å². The van der Waals surface area contributed by atoms with Crippen LogP contribution in [0, 0.1) is 0 Å². The normalized spacial score (nSPS) is 12.4. The van der Waals surface area contributed by atoms with Crippen LogP contribution < -0.4 is 11.1 Å². The molecule has 84 valence electrons. The second kappa shape index (κ2) is 5.33. The van der Waals surface area contributed by atoms with Crippen molar-refractivity contribution in [2.24, 2.45) is 0 Å². The van der Waals surface area contributed by atoms with Gasteiger partial charge in [-0.1, -0.05) is 20.3 Å². The molecule has 0 saturated carbocycles. The van der Waals surface area contributed by atoms with E-state index >= 15 is 0 Å². The quantitative estimate of drug-likeness (QED) is 0.667. The van der Waals surface area contributed by atoms with Crippen molar-refractivity contribution in [2.45, 2.75) is 39.2 Å². The number of amides is 1. The number of anilines is 1. The highest BCUT2D eigenvalue weighted by molar-refractivity contribution is 5.90. The van der Waals surface area contributed by atoms with Gasteiger partial charge in [-0.3, -0.25) is 9.89 Å². The summed E-state index contributed by atoms with van der Waals surface area (Å²) < 4.78 is 0. The fourth-order valence-electron chi connectivity index (χ4n) is 1.36. The number of hydrogen-bond donors (Lipinski definition) is 3. The second-order valence-electron chi connectivity index (χ2n) is 3.41. The van der Waals surface area contributed by atoms with E-state index in [4.69, 9.17) is 5.73 Å². The summed E-state index contributed by atoms with van der Waals surface area (Å²) in [7, 11) is 0. The number of nitrogens with one attached hydrogen (secondary N) is 2. The summed E-state index contributed by atoms with van der Waals surface area (Å²) in [5.41, 5.74) is 5.30. The first-order chi connectivity index (χ1) is 7.17. The van der Waals surface area contributed by atoms with E-state index in [2.05, 4.69) is 27.4 Å². The number of aromatic nitrogens is 3. The third kappa shape index (κ3) is 3.23. The lowest BCUT2D eigenvalue weighted by Crippen LogP contribution is -2.34. The van der Waals surface area contributed by atoms with Crippen LogP contribution in [0.4, 0.5) is 5.95 Å². The molecule has 0 spiro atoms. The van der Waals surface area contributed by atoms with Crippen molar-refractivity contribution in [2.75, 3.05) is 5.73 Å². The highest BCUT2D eigenvalue weighted by Crippen LogP contribution is 2.02. The SMILES string of the molecule is CCCC(CC)NC(=O)c1nc(N)n[nH]1. The van der Waals surface area contributed by atoms with Crippen molar-refractivity contribution < 1.29 is 4.79 Å². The van der Waals surface area contributed by atoms with Gasteiger partial charge in [-0.15, -0.1) is 5.10 Å². The number of carbonyl (C=O) groups is 1. The van der Waals surface area contributed by atoms with Crippen molar-refractivity contribution in [1.82, 2.24) is 20.5 Å². The number of aromatic amines is 1. The zero-order chi connectivity index (χ0) is 11.3. The van der Waals surface area contributed by atoms with Crippen LogP contribution >= 0.6 is 0 Å². The Morgan fingerprint density at radius 3 is 2.80 bits per heavy atom. The molecule has 1 amide bonds. The topological polar surface area (TPSA) is 96.7 Å². The first-order valence-electron chi connectivity index (χ1n) is 5.16. The summed E-state index contributed by atoms with van der Waals surface area (Å²) in [6, 6.07) is 0.189. The maximum atomic E-state index is 11.6. The van der Waals surface area contributed by atoms with Crippen LogP contribution in [0.2, 0.25) is 0 Å². The number of H-pyrrole nitrogens is 1. The number of nitrogens with two attached hydrogens (primary N) is 1. The molecule has 0 aliphatic rings. The zero-order valence-electron chi connectivity index (χ0n) is 9.08. The minimum absolute atomic E-state index is 0.0867. The molecule has 1 rings (SSSR count). The van der Waals surface area contributed by atoms with Gasteiger partial charge in [0.25, 0.3) is 5.91 Å². The number of rotatable bonds is 5. The average molecular weight is 211 g/mol. The summed E-state index contributed by atoms with van der Waals surface area (Å²) in [6.45, 7) is 4.12. The average Bonchev–Trinajstić information content (AvgIpc) is 2.64. The van der Waals surface area contributed by atoms with E-state index in [0.29, 0.717) is 0 Å². The molecule has 1 atom stereocenters. The lowest BCUT2D eigenvalue weighted by molar-refractivity contribution is 0.0923. The Labute approximate surface area is 88.7 Å². The second-order valence-corrected chi connectivity index (χ2v) is 3.41. The molecule has 1 aromatic rings. The Kier molecular flexibility index (Phi) is 4.08. The van der Waals surface area contributed by atoms with Crippen molar-refractivity contribution >= 4 is 11.9 Å². The predicted molar refractivity (Wildman–Crippen MR) is 57.2 cm³/mol. The van der Waals surface area contributed by atoms with Gasteiger partial charge in [-0.05, 0) is 12.8 Å². The number of hydrogen-bond acceptors (Lipinski definition) is 4. The summed E-state index contributed by atoms with van der Waals surface area (Å²) in [5, 5.41) is 8.95. The largest absolute Gasteiger partial charge is 0.366 e. The van der Waals surface area contributed by atoms with Crippen LogP contribution in [0.1, 0.15) is 43.7 Å². The van der Waals surface area contributed by atoms with E-state index < -0.39 is 0 Å². The van der Waals surface area contributed by atoms with Crippen LogP contribution in [-0.4, -0.2) is 27.1 Å². The molecule has 0 fully saturated rings. The number of nitrogens with zero attached hydrogens (tertiary/aromatic N) is 2. The van der Waals surface area contributed by atoms with Gasteiger partial charge >= 0.3 is 0 Å². The molecular formula is C9H17N5O. The Hall–Kier alpha value is -1.59. The van der Waals surface area contributed by atoms with Crippen LogP contribution in [0.3, 0.4) is 0 Å². The smallest absolute Gasteiger partial charge is 0.288 e. The lowest BCUT2D eigenvalue weighted by atomic mass is 10.1. The van der Waals surface area contributed by atoms with Gasteiger partial charge in [0, 0.05) is 6.04 Å². The van der Waals surface area contributed by atoms with Crippen LogP contribution in [0.15, 0.2) is 0 Å². The zero-order valence-corrected chi connectivity index (χ0v) is 9.08. The first-order valence-corrected chi connectivity index (χ1v) is 5.16. The summed E-state index contributed by atoms with van der Waals surface area (Å²) in [6.07, 6.45) is 2.91. The Bertz CT molecular complexity index is 322. The van der Waals surface area contributed by atoms with Crippen molar-refractivity contribution in [3.05, 3.63) is 5.82 Å². The fourth-order valence-corrected chi connectivity index (χ4v) is 1.36. The highest BCUT2D eigenvalue weighted by atomic mass is 16.2. The monoisotopic (exact) mass is 211 g/mol. The Morgan fingerprint density at radius 1 is 1.60 bits per heavy atom. The molecule has 1 heterocycles. The third-order valence-electron chi connectivity index (χ3n) is 2.18. The molecule has 15 heavy (non-hydrogen) atoms. The molecule has 0 radical (unpaired) electrons. The van der Waals surface area contributed by atoms with E-state index in [1.165, 1.54) is 0 Å². The number of carbonyl (C=O) groups excluding carboxylic acids is 1. The third-order valence-corrected chi connectivity index (χ3v) is 2.18. The van der Waals surface area contributed by atoms with Gasteiger partial charge in [0.05, 0.1) is 0 Å². The van der Waals surface area contributed by atoms with E-state index in [1.807, 2.05) is 6.92 Å².